The van der Waals surface area contributed by atoms with Crippen molar-refractivity contribution in [1.82, 2.24) is 14.2 Å². The minimum Gasteiger partial charge on any atom is -0.398 e. The summed E-state index contributed by atoms with van der Waals surface area (Å²) in [5.41, 5.74) is 6.79. The Hall–Kier alpha value is -1.21. The zero-order valence-electron chi connectivity index (χ0n) is 7.55. The molecule has 2 aromatic rings. The van der Waals surface area contributed by atoms with Gasteiger partial charge in [-0.3, -0.25) is 4.79 Å². The number of rotatable bonds is 2. The Morgan fingerprint density at radius 3 is 3.07 bits per heavy atom. The fourth-order valence-electron chi connectivity index (χ4n) is 1.17. The first-order chi connectivity index (χ1) is 7.16. The van der Waals surface area contributed by atoms with E-state index in [9.17, 15) is 4.79 Å². The van der Waals surface area contributed by atoms with Crippen LogP contribution in [0.3, 0.4) is 0 Å². The summed E-state index contributed by atoms with van der Waals surface area (Å²) >= 11 is 4.41. The number of pyridine rings is 1. The van der Waals surface area contributed by atoms with Crippen molar-refractivity contribution in [2.45, 2.75) is 6.54 Å². The Labute approximate surface area is 97.8 Å². The summed E-state index contributed by atoms with van der Waals surface area (Å²) in [6, 6.07) is 1.58. The Kier molecular flexibility index (Phi) is 2.83. The first kappa shape index (κ1) is 10.3. The Balaban J connectivity index is 2.41. The van der Waals surface area contributed by atoms with Crippen molar-refractivity contribution >= 4 is 33.1 Å². The van der Waals surface area contributed by atoms with E-state index in [0.717, 1.165) is 5.69 Å². The fourth-order valence-corrected chi connectivity index (χ4v) is 2.10. The smallest absolute Gasteiger partial charge is 0.265 e. The summed E-state index contributed by atoms with van der Waals surface area (Å²) in [5.74, 6) is 0. The summed E-state index contributed by atoms with van der Waals surface area (Å²) in [6.07, 6.45) is 1.59. The first-order valence-electron chi connectivity index (χ1n) is 4.08. The molecule has 15 heavy (non-hydrogen) atoms. The number of nitrogen functional groups attached to an aromatic ring is 1. The largest absolute Gasteiger partial charge is 0.398 e. The predicted molar refractivity (Wildman–Crippen MR) is 61.8 cm³/mol. The van der Waals surface area contributed by atoms with E-state index in [4.69, 9.17) is 5.73 Å². The third-order valence-corrected chi connectivity index (χ3v) is 2.92. The number of anilines is 1. The van der Waals surface area contributed by atoms with Crippen LogP contribution < -0.4 is 11.3 Å². The maximum atomic E-state index is 11.7. The molecule has 78 valence electrons. The lowest BCUT2D eigenvalue weighted by Crippen LogP contribution is -2.21. The van der Waals surface area contributed by atoms with Crippen LogP contribution in [0.2, 0.25) is 0 Å². The van der Waals surface area contributed by atoms with Crippen LogP contribution in [-0.2, 0) is 6.54 Å². The molecule has 2 heterocycles. The van der Waals surface area contributed by atoms with Crippen LogP contribution in [0.5, 0.6) is 0 Å². The fraction of sp³-hybridized carbons (Fsp3) is 0.125. The summed E-state index contributed by atoms with van der Waals surface area (Å²) in [4.78, 5) is 11.7. The molecule has 2 rings (SSSR count). The van der Waals surface area contributed by atoms with Crippen LogP contribution in [0.15, 0.2) is 26.9 Å². The SMILES string of the molecule is Nc1cc(Br)c(=O)n(Cc2csnn2)c1. The van der Waals surface area contributed by atoms with E-state index in [0.29, 0.717) is 16.7 Å². The number of hydrogen-bond acceptors (Lipinski definition) is 5. The first-order valence-corrected chi connectivity index (χ1v) is 5.71. The molecule has 0 saturated heterocycles. The van der Waals surface area contributed by atoms with Gasteiger partial charge in [0.2, 0.25) is 0 Å². The highest BCUT2D eigenvalue weighted by Gasteiger charge is 2.04. The summed E-state index contributed by atoms with van der Waals surface area (Å²) in [7, 11) is 0. The van der Waals surface area contributed by atoms with Crippen molar-refractivity contribution in [1.29, 1.82) is 0 Å². The molecule has 0 atom stereocenters. The van der Waals surface area contributed by atoms with Crippen molar-refractivity contribution in [3.8, 4) is 0 Å². The quantitative estimate of drug-likeness (QED) is 0.897. The molecule has 2 N–H and O–H groups in total. The second-order valence-corrected chi connectivity index (χ2v) is 4.41. The highest BCUT2D eigenvalue weighted by atomic mass is 79.9. The van der Waals surface area contributed by atoms with Crippen LogP contribution >= 0.6 is 27.5 Å². The third-order valence-electron chi connectivity index (χ3n) is 1.80. The maximum absolute atomic E-state index is 11.7. The van der Waals surface area contributed by atoms with Gasteiger partial charge in [0.15, 0.2) is 0 Å². The molecule has 0 fully saturated rings. The van der Waals surface area contributed by atoms with Crippen LogP contribution in [0.1, 0.15) is 5.69 Å². The van der Waals surface area contributed by atoms with E-state index in [-0.39, 0.29) is 5.56 Å². The molecule has 0 amide bonds. The molecule has 0 unspecified atom stereocenters. The van der Waals surface area contributed by atoms with Gasteiger partial charge in [-0.1, -0.05) is 4.49 Å². The van der Waals surface area contributed by atoms with Gasteiger partial charge in [-0.15, -0.1) is 5.10 Å². The Bertz CT molecular complexity index is 522. The molecule has 2 aromatic heterocycles. The lowest BCUT2D eigenvalue weighted by atomic mass is 10.4. The minimum atomic E-state index is -0.128. The van der Waals surface area contributed by atoms with Gasteiger partial charge >= 0.3 is 0 Å². The summed E-state index contributed by atoms with van der Waals surface area (Å²) < 4.78 is 5.67. The number of halogens is 1. The molecule has 0 aliphatic heterocycles. The van der Waals surface area contributed by atoms with E-state index < -0.39 is 0 Å². The predicted octanol–water partition coefficient (Wildman–Crippen LogP) is 1.09. The second kappa shape index (κ2) is 4.11. The van der Waals surface area contributed by atoms with Gasteiger partial charge < -0.3 is 10.3 Å². The van der Waals surface area contributed by atoms with Crippen molar-refractivity contribution in [3.63, 3.8) is 0 Å². The third kappa shape index (κ3) is 2.24. The zero-order chi connectivity index (χ0) is 10.8. The van der Waals surface area contributed by atoms with Crippen molar-refractivity contribution in [3.05, 3.63) is 38.2 Å². The van der Waals surface area contributed by atoms with Crippen molar-refractivity contribution in [2.75, 3.05) is 5.73 Å². The summed E-state index contributed by atoms with van der Waals surface area (Å²) in [5, 5.41) is 5.66. The number of nitrogens with zero attached hydrogens (tertiary/aromatic N) is 3. The van der Waals surface area contributed by atoms with E-state index in [1.54, 1.807) is 17.6 Å². The molecule has 7 heteroatoms. The number of aromatic nitrogens is 3. The molecule has 0 saturated carbocycles. The van der Waals surface area contributed by atoms with E-state index >= 15 is 0 Å². The van der Waals surface area contributed by atoms with Gasteiger partial charge in [0, 0.05) is 17.3 Å². The minimum absolute atomic E-state index is 0.128. The molecular formula is C8H7BrN4OS. The summed E-state index contributed by atoms with van der Waals surface area (Å²) in [6.45, 7) is 0.388. The Morgan fingerprint density at radius 2 is 2.40 bits per heavy atom. The van der Waals surface area contributed by atoms with Crippen LogP contribution in [-0.4, -0.2) is 14.2 Å². The number of nitrogens with two attached hydrogens (primary N) is 1. The maximum Gasteiger partial charge on any atom is 0.265 e. The molecule has 5 nitrogen and oxygen atoms in total. The normalized spacial score (nSPS) is 10.5. The van der Waals surface area contributed by atoms with Crippen molar-refractivity contribution < 1.29 is 0 Å². The second-order valence-electron chi connectivity index (χ2n) is 2.95. The van der Waals surface area contributed by atoms with Crippen molar-refractivity contribution in [2.24, 2.45) is 0 Å². The monoisotopic (exact) mass is 286 g/mol. The standard InChI is InChI=1S/C8H7BrN4OS/c9-7-1-5(10)2-13(8(7)14)3-6-4-15-12-11-6/h1-2,4H,3,10H2. The van der Waals surface area contributed by atoms with E-state index in [1.165, 1.54) is 16.1 Å². The molecule has 0 bridgehead atoms. The average molecular weight is 287 g/mol. The molecule has 0 radical (unpaired) electrons. The van der Waals surface area contributed by atoms with Crippen LogP contribution in [0.25, 0.3) is 0 Å². The zero-order valence-corrected chi connectivity index (χ0v) is 9.96. The lowest BCUT2D eigenvalue weighted by molar-refractivity contribution is 0.733. The van der Waals surface area contributed by atoms with Crippen LogP contribution in [0.4, 0.5) is 5.69 Å². The average Bonchev–Trinajstić information content (AvgIpc) is 2.66. The van der Waals surface area contributed by atoms with Gasteiger partial charge in [-0.05, 0) is 33.5 Å². The Morgan fingerprint density at radius 1 is 1.60 bits per heavy atom. The van der Waals surface area contributed by atoms with Crippen LogP contribution in [0, 0.1) is 0 Å². The topological polar surface area (TPSA) is 73.8 Å². The van der Waals surface area contributed by atoms with Gasteiger partial charge in [-0.25, -0.2) is 0 Å². The highest BCUT2D eigenvalue weighted by Crippen LogP contribution is 2.09. The molecule has 0 aliphatic carbocycles. The number of hydrogen-bond donors (Lipinski definition) is 1. The lowest BCUT2D eigenvalue weighted by Gasteiger charge is -2.04. The molecule has 0 aromatic carbocycles. The molecule has 0 spiro atoms. The van der Waals surface area contributed by atoms with Gasteiger partial charge in [0.1, 0.15) is 0 Å². The van der Waals surface area contributed by atoms with E-state index in [1.807, 2.05) is 0 Å². The molecule has 0 aliphatic rings. The molecular weight excluding hydrogens is 280 g/mol. The van der Waals surface area contributed by atoms with Gasteiger partial charge in [0.05, 0.1) is 16.7 Å². The van der Waals surface area contributed by atoms with E-state index in [2.05, 4.69) is 25.5 Å². The van der Waals surface area contributed by atoms with Gasteiger partial charge in [-0.2, -0.15) is 0 Å². The van der Waals surface area contributed by atoms with Gasteiger partial charge in [0.25, 0.3) is 5.56 Å². The highest BCUT2D eigenvalue weighted by molar-refractivity contribution is 9.10.